The summed E-state index contributed by atoms with van der Waals surface area (Å²) < 4.78 is 1.54. The molecule has 1 aliphatic rings. The molecule has 0 saturated heterocycles. The van der Waals surface area contributed by atoms with E-state index in [0.29, 0.717) is 22.7 Å². The summed E-state index contributed by atoms with van der Waals surface area (Å²) >= 11 is 5.93. The SMILES string of the molecule is O=c1[nH]c2ncc(Cl)cc2n1CC(O)C1CCCCC1. The summed E-state index contributed by atoms with van der Waals surface area (Å²) in [4.78, 5) is 18.8. The average Bonchev–Trinajstić information content (AvgIpc) is 2.76. The molecule has 0 aliphatic heterocycles. The third-order valence-electron chi connectivity index (χ3n) is 4.16. The van der Waals surface area contributed by atoms with E-state index in [-0.39, 0.29) is 11.6 Å². The molecule has 0 radical (unpaired) electrons. The van der Waals surface area contributed by atoms with Crippen molar-refractivity contribution >= 4 is 22.8 Å². The molecule has 2 N–H and O–H groups in total. The lowest BCUT2D eigenvalue weighted by Crippen LogP contribution is -2.31. The van der Waals surface area contributed by atoms with Crippen LogP contribution in [0.2, 0.25) is 5.02 Å². The van der Waals surface area contributed by atoms with E-state index >= 15 is 0 Å². The fourth-order valence-corrected chi connectivity index (χ4v) is 3.20. The van der Waals surface area contributed by atoms with E-state index in [0.717, 1.165) is 25.7 Å². The maximum atomic E-state index is 12.0. The molecule has 0 aromatic carbocycles. The summed E-state index contributed by atoms with van der Waals surface area (Å²) in [6.07, 6.45) is 6.66. The van der Waals surface area contributed by atoms with E-state index < -0.39 is 6.10 Å². The first kappa shape index (κ1) is 13.6. The number of aromatic amines is 1. The Morgan fingerprint density at radius 2 is 2.20 bits per heavy atom. The molecular weight excluding hydrogens is 278 g/mol. The number of nitrogens with one attached hydrogen (secondary N) is 1. The molecule has 20 heavy (non-hydrogen) atoms. The fourth-order valence-electron chi connectivity index (χ4n) is 3.05. The van der Waals surface area contributed by atoms with Gasteiger partial charge in [-0.3, -0.25) is 9.55 Å². The minimum absolute atomic E-state index is 0.246. The van der Waals surface area contributed by atoms with Gasteiger partial charge in [-0.25, -0.2) is 9.78 Å². The number of fused-ring (bicyclic) bond motifs is 1. The number of H-pyrrole nitrogens is 1. The van der Waals surface area contributed by atoms with Crippen LogP contribution in [-0.4, -0.2) is 25.7 Å². The Bertz CT molecular complexity index is 658. The summed E-state index contributed by atoms with van der Waals surface area (Å²) in [6, 6.07) is 1.70. The van der Waals surface area contributed by atoms with Gasteiger partial charge in [0, 0.05) is 6.20 Å². The van der Waals surface area contributed by atoms with Gasteiger partial charge in [0.2, 0.25) is 0 Å². The quantitative estimate of drug-likeness (QED) is 0.913. The van der Waals surface area contributed by atoms with Gasteiger partial charge in [0.1, 0.15) is 0 Å². The van der Waals surface area contributed by atoms with Gasteiger partial charge in [-0.15, -0.1) is 0 Å². The normalized spacial score (nSPS) is 18.5. The molecule has 1 unspecified atom stereocenters. The van der Waals surface area contributed by atoms with Crippen LogP contribution >= 0.6 is 11.6 Å². The molecule has 2 aromatic heterocycles. The van der Waals surface area contributed by atoms with Crippen LogP contribution in [-0.2, 0) is 6.54 Å². The summed E-state index contributed by atoms with van der Waals surface area (Å²) in [7, 11) is 0. The van der Waals surface area contributed by atoms with Crippen LogP contribution in [0.4, 0.5) is 0 Å². The van der Waals surface area contributed by atoms with Gasteiger partial charge >= 0.3 is 5.69 Å². The van der Waals surface area contributed by atoms with Crippen LogP contribution in [0, 0.1) is 5.92 Å². The Kier molecular flexibility index (Phi) is 3.81. The first-order valence-electron chi connectivity index (χ1n) is 7.07. The van der Waals surface area contributed by atoms with Crippen molar-refractivity contribution in [1.82, 2.24) is 14.5 Å². The topological polar surface area (TPSA) is 70.9 Å². The van der Waals surface area contributed by atoms with E-state index in [1.165, 1.54) is 17.2 Å². The molecule has 6 heteroatoms. The highest BCUT2D eigenvalue weighted by Gasteiger charge is 2.23. The molecular formula is C14H18ClN3O2. The average molecular weight is 296 g/mol. The molecule has 1 fully saturated rings. The van der Waals surface area contributed by atoms with Gasteiger partial charge in [0.15, 0.2) is 5.65 Å². The van der Waals surface area contributed by atoms with Crippen LogP contribution in [0.5, 0.6) is 0 Å². The minimum Gasteiger partial charge on any atom is -0.391 e. The van der Waals surface area contributed by atoms with Gasteiger partial charge in [0.05, 0.1) is 23.2 Å². The first-order valence-corrected chi connectivity index (χ1v) is 7.45. The number of pyridine rings is 1. The fraction of sp³-hybridized carbons (Fsp3) is 0.571. The van der Waals surface area contributed by atoms with E-state index in [9.17, 15) is 9.90 Å². The lowest BCUT2D eigenvalue weighted by Gasteiger charge is -2.26. The van der Waals surface area contributed by atoms with Crippen LogP contribution in [0.1, 0.15) is 32.1 Å². The van der Waals surface area contributed by atoms with Crippen molar-refractivity contribution in [2.75, 3.05) is 0 Å². The summed E-state index contributed by atoms with van der Waals surface area (Å²) in [5.41, 5.74) is 0.914. The highest BCUT2D eigenvalue weighted by molar-refractivity contribution is 6.31. The van der Waals surface area contributed by atoms with E-state index in [1.807, 2.05) is 0 Å². The third-order valence-corrected chi connectivity index (χ3v) is 4.37. The molecule has 0 bridgehead atoms. The standard InChI is InChI=1S/C14H18ClN3O2/c15-10-6-11-13(16-7-10)17-14(20)18(11)8-12(19)9-4-2-1-3-5-9/h6-7,9,12,19H,1-5,8H2,(H,16,17,20). The molecule has 108 valence electrons. The summed E-state index contributed by atoms with van der Waals surface area (Å²) in [5, 5.41) is 10.9. The number of aromatic nitrogens is 3. The zero-order valence-electron chi connectivity index (χ0n) is 11.2. The van der Waals surface area contributed by atoms with Gasteiger partial charge < -0.3 is 5.11 Å². The van der Waals surface area contributed by atoms with Crippen LogP contribution in [0.25, 0.3) is 11.2 Å². The van der Waals surface area contributed by atoms with Crippen molar-refractivity contribution in [3.8, 4) is 0 Å². The lowest BCUT2D eigenvalue weighted by atomic mass is 9.85. The predicted octanol–water partition coefficient (Wildman–Crippen LogP) is 2.32. The zero-order chi connectivity index (χ0) is 14.1. The van der Waals surface area contributed by atoms with Gasteiger partial charge in [0.25, 0.3) is 0 Å². The van der Waals surface area contributed by atoms with Gasteiger partial charge in [-0.2, -0.15) is 0 Å². The van der Waals surface area contributed by atoms with Crippen molar-refractivity contribution in [3.63, 3.8) is 0 Å². The second-order valence-corrected chi connectivity index (χ2v) is 5.96. The summed E-state index contributed by atoms with van der Waals surface area (Å²) in [6.45, 7) is 0.297. The molecule has 1 atom stereocenters. The number of halogens is 1. The second kappa shape index (κ2) is 5.58. The number of aliphatic hydroxyl groups is 1. The highest BCUT2D eigenvalue weighted by Crippen LogP contribution is 2.27. The van der Waals surface area contributed by atoms with Crippen molar-refractivity contribution in [3.05, 3.63) is 27.8 Å². The molecule has 0 spiro atoms. The third kappa shape index (κ3) is 2.60. The van der Waals surface area contributed by atoms with Crippen LogP contribution in [0.3, 0.4) is 0 Å². The molecule has 1 aliphatic carbocycles. The Balaban J connectivity index is 1.88. The number of nitrogens with zero attached hydrogens (tertiary/aromatic N) is 2. The number of hydrogen-bond acceptors (Lipinski definition) is 3. The molecule has 3 rings (SSSR count). The smallest absolute Gasteiger partial charge is 0.327 e. The van der Waals surface area contributed by atoms with Crippen molar-refractivity contribution in [1.29, 1.82) is 0 Å². The number of rotatable bonds is 3. The molecule has 2 heterocycles. The minimum atomic E-state index is -0.494. The van der Waals surface area contributed by atoms with Gasteiger partial charge in [-0.1, -0.05) is 30.9 Å². The Hall–Kier alpha value is -1.33. The Morgan fingerprint density at radius 3 is 2.95 bits per heavy atom. The Morgan fingerprint density at radius 1 is 1.45 bits per heavy atom. The van der Waals surface area contributed by atoms with E-state index in [1.54, 1.807) is 6.07 Å². The zero-order valence-corrected chi connectivity index (χ0v) is 11.9. The number of imidazole rings is 1. The first-order chi connectivity index (χ1) is 9.65. The van der Waals surface area contributed by atoms with Gasteiger partial charge in [-0.05, 0) is 24.8 Å². The molecule has 2 aromatic rings. The number of hydrogen-bond donors (Lipinski definition) is 2. The number of aliphatic hydroxyl groups excluding tert-OH is 1. The predicted molar refractivity (Wildman–Crippen MR) is 77.9 cm³/mol. The van der Waals surface area contributed by atoms with Crippen molar-refractivity contribution < 1.29 is 5.11 Å². The monoisotopic (exact) mass is 295 g/mol. The molecule has 5 nitrogen and oxygen atoms in total. The maximum Gasteiger partial charge on any atom is 0.327 e. The second-order valence-electron chi connectivity index (χ2n) is 5.53. The van der Waals surface area contributed by atoms with Crippen LogP contribution in [0.15, 0.2) is 17.1 Å². The highest BCUT2D eigenvalue weighted by atomic mass is 35.5. The Labute approximate surface area is 121 Å². The van der Waals surface area contributed by atoms with E-state index in [4.69, 9.17) is 11.6 Å². The largest absolute Gasteiger partial charge is 0.391 e. The van der Waals surface area contributed by atoms with Crippen molar-refractivity contribution in [2.45, 2.75) is 44.8 Å². The van der Waals surface area contributed by atoms with E-state index in [2.05, 4.69) is 9.97 Å². The lowest BCUT2D eigenvalue weighted by molar-refractivity contribution is 0.0698. The maximum absolute atomic E-state index is 12.0. The van der Waals surface area contributed by atoms with Crippen molar-refractivity contribution in [2.24, 2.45) is 5.92 Å². The molecule has 0 amide bonds. The van der Waals surface area contributed by atoms with Crippen LogP contribution < -0.4 is 5.69 Å². The summed E-state index contributed by atoms with van der Waals surface area (Å²) in [5.74, 6) is 0.285. The molecule has 1 saturated carbocycles.